The third-order valence-electron chi connectivity index (χ3n) is 5.10. The maximum absolute atomic E-state index is 13.2. The molecule has 2 aromatic carbocycles. The van der Waals surface area contributed by atoms with Crippen LogP contribution in [0.4, 0.5) is 0 Å². The lowest BCUT2D eigenvalue weighted by atomic mass is 10.1. The molecule has 1 aliphatic rings. The van der Waals surface area contributed by atoms with E-state index in [1.54, 1.807) is 0 Å². The smallest absolute Gasteiger partial charge is 0.336 e. The van der Waals surface area contributed by atoms with Crippen LogP contribution in [-0.4, -0.2) is 40.5 Å². The Bertz CT molecular complexity index is 967. The predicted molar refractivity (Wildman–Crippen MR) is 110 cm³/mol. The van der Waals surface area contributed by atoms with Crippen LogP contribution in [0.5, 0.6) is 6.01 Å². The minimum absolute atomic E-state index is 0.0402. The molecule has 1 aromatic heterocycles. The largest absolute Gasteiger partial charge is 0.460 e. The Hall–Kier alpha value is -2.99. The van der Waals surface area contributed by atoms with E-state index < -0.39 is 0 Å². The van der Waals surface area contributed by atoms with Crippen molar-refractivity contribution in [2.45, 2.75) is 26.2 Å². The van der Waals surface area contributed by atoms with Gasteiger partial charge >= 0.3 is 6.01 Å². The third-order valence-corrected chi connectivity index (χ3v) is 5.10. The third kappa shape index (κ3) is 4.38. The van der Waals surface area contributed by atoms with E-state index in [1.807, 2.05) is 56.3 Å². The molecular formula is C23H25N3O3. The first kappa shape index (κ1) is 19.3. The van der Waals surface area contributed by atoms with Crippen molar-refractivity contribution < 1.29 is 14.3 Å². The average molecular weight is 391 g/mol. The molecule has 0 saturated heterocycles. The van der Waals surface area contributed by atoms with Crippen molar-refractivity contribution >= 4 is 5.91 Å². The zero-order valence-corrected chi connectivity index (χ0v) is 16.7. The topological polar surface area (TPSA) is 66.2 Å². The molecule has 2 unspecified atom stereocenters. The van der Waals surface area contributed by atoms with Crippen molar-refractivity contribution in [2.75, 3.05) is 19.8 Å². The summed E-state index contributed by atoms with van der Waals surface area (Å²) in [4.78, 5) is 17.7. The van der Waals surface area contributed by atoms with E-state index in [-0.39, 0.29) is 23.8 Å². The van der Waals surface area contributed by atoms with Gasteiger partial charge in [0.1, 0.15) is 6.61 Å². The van der Waals surface area contributed by atoms with E-state index in [0.717, 1.165) is 17.5 Å². The van der Waals surface area contributed by atoms with Gasteiger partial charge in [-0.3, -0.25) is 4.79 Å². The van der Waals surface area contributed by atoms with Crippen molar-refractivity contribution in [1.82, 2.24) is 14.8 Å². The summed E-state index contributed by atoms with van der Waals surface area (Å²) in [6.07, 6.45) is 0.830. The Morgan fingerprint density at radius 1 is 1.10 bits per heavy atom. The minimum Gasteiger partial charge on any atom is -0.460 e. The van der Waals surface area contributed by atoms with Gasteiger partial charge in [0, 0.05) is 18.1 Å². The number of nitrogens with zero attached hydrogens (tertiary/aromatic N) is 3. The van der Waals surface area contributed by atoms with Crippen molar-refractivity contribution in [2.24, 2.45) is 5.92 Å². The molecule has 1 saturated carbocycles. The fourth-order valence-corrected chi connectivity index (χ4v) is 3.43. The van der Waals surface area contributed by atoms with E-state index in [0.29, 0.717) is 25.6 Å². The average Bonchev–Trinajstić information content (AvgIpc) is 3.44. The Morgan fingerprint density at radius 3 is 2.59 bits per heavy atom. The number of benzene rings is 2. The van der Waals surface area contributed by atoms with Crippen LogP contribution in [0.1, 0.15) is 35.2 Å². The Morgan fingerprint density at radius 2 is 1.86 bits per heavy atom. The molecular weight excluding hydrogens is 366 g/mol. The Labute approximate surface area is 170 Å². The lowest BCUT2D eigenvalue weighted by Crippen LogP contribution is -2.17. The molecule has 0 bridgehead atoms. The molecule has 0 N–H and O–H groups in total. The maximum atomic E-state index is 13.2. The first-order valence-corrected chi connectivity index (χ1v) is 10.0. The summed E-state index contributed by atoms with van der Waals surface area (Å²) in [5.74, 6) is 0.627. The molecule has 0 radical (unpaired) electrons. The number of aryl methyl sites for hydroxylation is 1. The minimum atomic E-state index is -0.0837. The second-order valence-corrected chi connectivity index (χ2v) is 7.24. The van der Waals surface area contributed by atoms with Crippen LogP contribution in [0.2, 0.25) is 0 Å². The van der Waals surface area contributed by atoms with Crippen LogP contribution in [-0.2, 0) is 4.74 Å². The summed E-state index contributed by atoms with van der Waals surface area (Å²) in [6.45, 7) is 5.38. The fraction of sp³-hybridized carbons (Fsp3) is 0.348. The van der Waals surface area contributed by atoms with Crippen LogP contribution in [0.15, 0.2) is 54.6 Å². The first-order valence-electron chi connectivity index (χ1n) is 10.0. The lowest BCUT2D eigenvalue weighted by molar-refractivity contribution is 0.0863. The van der Waals surface area contributed by atoms with Crippen LogP contribution in [0, 0.1) is 12.8 Å². The van der Waals surface area contributed by atoms with Gasteiger partial charge < -0.3 is 9.47 Å². The molecule has 6 nitrogen and oxygen atoms in total. The summed E-state index contributed by atoms with van der Waals surface area (Å²) < 4.78 is 12.3. The van der Waals surface area contributed by atoms with Crippen LogP contribution in [0.3, 0.4) is 0 Å². The molecule has 150 valence electrons. The maximum Gasteiger partial charge on any atom is 0.336 e. The molecule has 6 heteroatoms. The zero-order chi connectivity index (χ0) is 20.2. The van der Waals surface area contributed by atoms with Gasteiger partial charge in [0.2, 0.25) is 0 Å². The molecule has 29 heavy (non-hydrogen) atoms. The number of rotatable bonds is 8. The highest BCUT2D eigenvalue weighted by Crippen LogP contribution is 2.48. The summed E-state index contributed by atoms with van der Waals surface area (Å²) in [5.41, 5.74) is 3.18. The first-order chi connectivity index (χ1) is 14.2. The monoisotopic (exact) mass is 391 g/mol. The number of ether oxygens (including phenoxy) is 2. The Balaban J connectivity index is 1.58. The van der Waals surface area contributed by atoms with Crippen molar-refractivity contribution in [1.29, 1.82) is 0 Å². The van der Waals surface area contributed by atoms with E-state index in [1.165, 1.54) is 10.2 Å². The standard InChI is InChI=1S/C23H25N3O3/c1-3-28-13-14-29-23-24-21(18-11-9-16(2)10-12-18)26(25-23)22(27)20-15-19(20)17-7-5-4-6-8-17/h4-12,19-20H,3,13-15H2,1-2H3. The van der Waals surface area contributed by atoms with Gasteiger partial charge in [-0.2, -0.15) is 9.67 Å². The molecule has 0 amide bonds. The molecule has 3 aromatic rings. The number of hydrogen-bond donors (Lipinski definition) is 0. The molecule has 1 fully saturated rings. The number of carbonyl (C=O) groups is 1. The van der Waals surface area contributed by atoms with Gasteiger partial charge in [0.15, 0.2) is 5.82 Å². The molecule has 1 heterocycles. The van der Waals surface area contributed by atoms with E-state index in [9.17, 15) is 4.79 Å². The van der Waals surface area contributed by atoms with Crippen molar-refractivity contribution in [3.63, 3.8) is 0 Å². The molecule has 2 atom stereocenters. The molecule has 0 spiro atoms. The SMILES string of the molecule is CCOCCOc1nc(-c2ccc(C)cc2)n(C(=O)C2CC2c2ccccc2)n1. The summed E-state index contributed by atoms with van der Waals surface area (Å²) in [7, 11) is 0. The zero-order valence-electron chi connectivity index (χ0n) is 16.7. The van der Waals surface area contributed by atoms with Gasteiger partial charge in [-0.25, -0.2) is 0 Å². The van der Waals surface area contributed by atoms with Gasteiger partial charge in [-0.05, 0) is 31.7 Å². The number of hydrogen-bond acceptors (Lipinski definition) is 5. The summed E-state index contributed by atoms with van der Waals surface area (Å²) in [6, 6.07) is 18.2. The van der Waals surface area contributed by atoms with Crippen molar-refractivity contribution in [3.05, 3.63) is 65.7 Å². The quantitative estimate of drug-likeness (QED) is 0.541. The highest BCUT2D eigenvalue weighted by molar-refractivity contribution is 5.87. The highest BCUT2D eigenvalue weighted by Gasteiger charge is 2.45. The fourth-order valence-electron chi connectivity index (χ4n) is 3.43. The van der Waals surface area contributed by atoms with Crippen LogP contribution in [0.25, 0.3) is 11.4 Å². The van der Waals surface area contributed by atoms with Crippen molar-refractivity contribution in [3.8, 4) is 17.4 Å². The van der Waals surface area contributed by atoms with Gasteiger partial charge in [0.05, 0.1) is 6.61 Å². The van der Waals surface area contributed by atoms with Crippen LogP contribution >= 0.6 is 0 Å². The summed E-state index contributed by atoms with van der Waals surface area (Å²) >= 11 is 0. The Kier molecular flexibility index (Phi) is 5.71. The van der Waals surface area contributed by atoms with E-state index >= 15 is 0 Å². The number of carbonyl (C=O) groups excluding carboxylic acids is 1. The number of aromatic nitrogens is 3. The second-order valence-electron chi connectivity index (χ2n) is 7.24. The molecule has 0 aliphatic heterocycles. The normalized spacial score (nSPS) is 17.9. The van der Waals surface area contributed by atoms with E-state index in [2.05, 4.69) is 22.2 Å². The van der Waals surface area contributed by atoms with E-state index in [4.69, 9.17) is 9.47 Å². The predicted octanol–water partition coefficient (Wildman–Crippen LogP) is 4.11. The molecule has 1 aliphatic carbocycles. The van der Waals surface area contributed by atoms with Gasteiger partial charge in [-0.1, -0.05) is 60.2 Å². The second kappa shape index (κ2) is 8.57. The van der Waals surface area contributed by atoms with Gasteiger partial charge in [-0.15, -0.1) is 5.10 Å². The van der Waals surface area contributed by atoms with Crippen LogP contribution < -0.4 is 4.74 Å². The lowest BCUT2D eigenvalue weighted by Gasteiger charge is -2.05. The highest BCUT2D eigenvalue weighted by atomic mass is 16.5. The summed E-state index contributed by atoms with van der Waals surface area (Å²) in [5, 5.41) is 4.37. The molecule has 4 rings (SSSR count). The van der Waals surface area contributed by atoms with Gasteiger partial charge in [0.25, 0.3) is 5.91 Å².